The molecule has 24 heavy (non-hydrogen) atoms. The molecule has 0 amide bonds. The Bertz CT molecular complexity index is 368. The zero-order valence-electron chi connectivity index (χ0n) is 16.7. The zero-order valence-corrected chi connectivity index (χ0v) is 18.5. The third-order valence-electron chi connectivity index (χ3n) is 4.82. The maximum Gasteiger partial charge on any atom is 0.500 e. The van der Waals surface area contributed by atoms with Gasteiger partial charge in [0, 0.05) is 30.6 Å². The normalized spacial score (nSPS) is 19.4. The van der Waals surface area contributed by atoms with Gasteiger partial charge < -0.3 is 13.3 Å². The third-order valence-corrected chi connectivity index (χ3v) is 9.54. The van der Waals surface area contributed by atoms with E-state index in [0.29, 0.717) is 24.6 Å². The molecule has 1 aliphatic rings. The summed E-state index contributed by atoms with van der Waals surface area (Å²) in [7, 11) is -2.46. The van der Waals surface area contributed by atoms with Crippen molar-refractivity contribution in [2.45, 2.75) is 78.0 Å². The summed E-state index contributed by atoms with van der Waals surface area (Å²) in [6, 6.07) is 0.926. The van der Waals surface area contributed by atoms with Gasteiger partial charge in [0.1, 0.15) is 0 Å². The Kier molecular flexibility index (Phi) is 10.2. The van der Waals surface area contributed by atoms with Crippen LogP contribution < -0.4 is 0 Å². The van der Waals surface area contributed by atoms with Crippen LogP contribution in [0.5, 0.6) is 0 Å². The van der Waals surface area contributed by atoms with Crippen LogP contribution >= 0.6 is 11.8 Å². The quantitative estimate of drug-likeness (QED) is 0.249. The second-order valence-corrected chi connectivity index (χ2v) is 11.5. The summed E-state index contributed by atoms with van der Waals surface area (Å²) in [6.07, 6.45) is 7.37. The first-order valence-corrected chi connectivity index (χ1v) is 12.5. The SMILES string of the molecule is CCO[Si](CCCSC(C)(C)C1CC=C(C)CC1)(OCC)OCC. The average molecular weight is 375 g/mol. The van der Waals surface area contributed by atoms with E-state index < -0.39 is 8.80 Å². The lowest BCUT2D eigenvalue weighted by Gasteiger charge is -2.36. The summed E-state index contributed by atoms with van der Waals surface area (Å²) in [5, 5.41) is 0. The van der Waals surface area contributed by atoms with Crippen molar-refractivity contribution >= 4 is 20.6 Å². The van der Waals surface area contributed by atoms with E-state index >= 15 is 0 Å². The molecule has 142 valence electrons. The molecular weight excluding hydrogens is 336 g/mol. The standard InChI is InChI=1S/C19H38O3SSi/c1-7-20-24(21-8-2,22-9-3)16-10-15-23-19(5,6)18-13-11-17(4)12-14-18/h11,18H,7-10,12-16H2,1-6H3. The van der Waals surface area contributed by atoms with Gasteiger partial charge in [0.15, 0.2) is 0 Å². The Morgan fingerprint density at radius 3 is 2.17 bits per heavy atom. The molecule has 1 atom stereocenters. The molecule has 0 radical (unpaired) electrons. The summed E-state index contributed by atoms with van der Waals surface area (Å²) in [4.78, 5) is 0. The molecule has 3 nitrogen and oxygen atoms in total. The van der Waals surface area contributed by atoms with E-state index in [0.717, 1.165) is 24.1 Å². The molecule has 0 fully saturated rings. The van der Waals surface area contributed by atoms with Crippen molar-refractivity contribution < 1.29 is 13.3 Å². The molecule has 0 spiro atoms. The monoisotopic (exact) mass is 374 g/mol. The molecule has 1 aliphatic carbocycles. The van der Waals surface area contributed by atoms with E-state index in [1.807, 2.05) is 20.8 Å². The summed E-state index contributed by atoms with van der Waals surface area (Å²) in [5.41, 5.74) is 1.56. The Hall–Kier alpha value is 0.187. The largest absolute Gasteiger partial charge is 0.500 e. The van der Waals surface area contributed by atoms with Crippen molar-refractivity contribution in [3.63, 3.8) is 0 Å². The highest BCUT2D eigenvalue weighted by Gasteiger charge is 2.40. The fourth-order valence-electron chi connectivity index (χ4n) is 3.34. The highest BCUT2D eigenvalue weighted by Crippen LogP contribution is 2.41. The maximum atomic E-state index is 5.95. The minimum atomic E-state index is -2.46. The summed E-state index contributed by atoms with van der Waals surface area (Å²) >= 11 is 2.11. The highest BCUT2D eigenvalue weighted by molar-refractivity contribution is 8.00. The van der Waals surface area contributed by atoms with Gasteiger partial charge >= 0.3 is 8.80 Å². The lowest BCUT2D eigenvalue weighted by Crippen LogP contribution is -2.46. The molecular formula is C19H38O3SSi. The van der Waals surface area contributed by atoms with Crippen LogP contribution in [0.15, 0.2) is 11.6 Å². The molecule has 0 N–H and O–H groups in total. The van der Waals surface area contributed by atoms with Gasteiger partial charge in [-0.25, -0.2) is 0 Å². The first-order valence-electron chi connectivity index (χ1n) is 9.60. The number of hydrogen-bond donors (Lipinski definition) is 0. The van der Waals surface area contributed by atoms with Crippen molar-refractivity contribution in [3.05, 3.63) is 11.6 Å². The minimum Gasteiger partial charge on any atom is -0.374 e. The van der Waals surface area contributed by atoms with E-state index in [1.165, 1.54) is 19.3 Å². The summed E-state index contributed by atoms with van der Waals surface area (Å²) in [6.45, 7) is 15.2. The van der Waals surface area contributed by atoms with Crippen LogP contribution in [0.25, 0.3) is 0 Å². The Balaban J connectivity index is 2.46. The lowest BCUT2D eigenvalue weighted by atomic mass is 9.82. The molecule has 0 heterocycles. The predicted octanol–water partition coefficient (Wildman–Crippen LogP) is 5.68. The summed E-state index contributed by atoms with van der Waals surface area (Å²) in [5.74, 6) is 1.94. The molecule has 0 aromatic carbocycles. The third kappa shape index (κ3) is 7.20. The van der Waals surface area contributed by atoms with Gasteiger partial charge in [-0.3, -0.25) is 0 Å². The molecule has 0 aromatic heterocycles. The predicted molar refractivity (Wildman–Crippen MR) is 108 cm³/mol. The molecule has 1 rings (SSSR count). The van der Waals surface area contributed by atoms with Crippen LogP contribution in [0.3, 0.4) is 0 Å². The zero-order chi connectivity index (χ0) is 18.1. The van der Waals surface area contributed by atoms with Crippen molar-refractivity contribution in [1.29, 1.82) is 0 Å². The van der Waals surface area contributed by atoms with Crippen LogP contribution in [0.2, 0.25) is 6.04 Å². The van der Waals surface area contributed by atoms with Crippen molar-refractivity contribution in [1.82, 2.24) is 0 Å². The van der Waals surface area contributed by atoms with Crippen molar-refractivity contribution in [3.8, 4) is 0 Å². The number of thioether (sulfide) groups is 1. The number of hydrogen-bond acceptors (Lipinski definition) is 4. The van der Waals surface area contributed by atoms with Crippen LogP contribution in [-0.2, 0) is 13.3 Å². The van der Waals surface area contributed by atoms with Crippen molar-refractivity contribution in [2.24, 2.45) is 5.92 Å². The molecule has 0 aliphatic heterocycles. The van der Waals surface area contributed by atoms with E-state index in [4.69, 9.17) is 13.3 Å². The summed E-state index contributed by atoms with van der Waals surface area (Å²) < 4.78 is 18.2. The topological polar surface area (TPSA) is 27.7 Å². The second kappa shape index (κ2) is 11.0. The first-order chi connectivity index (χ1) is 11.4. The molecule has 0 saturated heterocycles. The molecule has 0 bridgehead atoms. The maximum absolute atomic E-state index is 5.95. The van der Waals surface area contributed by atoms with E-state index in [9.17, 15) is 0 Å². The van der Waals surface area contributed by atoms with Crippen LogP contribution in [-0.4, -0.2) is 39.1 Å². The van der Waals surface area contributed by atoms with E-state index in [-0.39, 0.29) is 0 Å². The van der Waals surface area contributed by atoms with Gasteiger partial charge in [-0.15, -0.1) is 0 Å². The molecule has 0 aromatic rings. The minimum absolute atomic E-state index is 0.338. The van der Waals surface area contributed by atoms with Gasteiger partial charge in [-0.1, -0.05) is 25.5 Å². The average Bonchev–Trinajstić information content (AvgIpc) is 2.53. The fraction of sp³-hybridized carbons (Fsp3) is 0.895. The Morgan fingerprint density at radius 1 is 1.12 bits per heavy atom. The smallest absolute Gasteiger partial charge is 0.374 e. The van der Waals surface area contributed by atoms with Crippen molar-refractivity contribution in [2.75, 3.05) is 25.6 Å². The van der Waals surface area contributed by atoms with Crippen LogP contribution in [0.4, 0.5) is 0 Å². The second-order valence-electron chi connectivity index (χ2n) is 7.06. The van der Waals surface area contributed by atoms with Gasteiger partial charge in [-0.05, 0) is 65.0 Å². The fourth-order valence-corrected chi connectivity index (χ4v) is 7.47. The molecule has 1 unspecified atom stereocenters. The van der Waals surface area contributed by atoms with Gasteiger partial charge in [0.2, 0.25) is 0 Å². The molecule has 0 saturated carbocycles. The van der Waals surface area contributed by atoms with Gasteiger partial charge in [0.05, 0.1) is 0 Å². The van der Waals surface area contributed by atoms with Crippen LogP contribution in [0, 0.1) is 5.92 Å². The Labute approximate surface area is 155 Å². The number of rotatable bonds is 12. The van der Waals surface area contributed by atoms with E-state index in [2.05, 4.69) is 38.6 Å². The van der Waals surface area contributed by atoms with Crippen LogP contribution in [0.1, 0.15) is 67.2 Å². The van der Waals surface area contributed by atoms with Gasteiger partial charge in [0.25, 0.3) is 0 Å². The Morgan fingerprint density at radius 2 is 1.71 bits per heavy atom. The first kappa shape index (κ1) is 22.2. The van der Waals surface area contributed by atoms with Gasteiger partial charge in [-0.2, -0.15) is 11.8 Å². The number of allylic oxidation sites excluding steroid dienone is 2. The molecule has 5 heteroatoms. The highest BCUT2D eigenvalue weighted by atomic mass is 32.2. The lowest BCUT2D eigenvalue weighted by molar-refractivity contribution is 0.0712. The van der Waals surface area contributed by atoms with E-state index in [1.54, 1.807) is 5.57 Å².